The standard InChI is InChI=1S/C18H17NS/c1-14(15-7-3-2-4-8-15)11-12-20-18-13-16-9-5-6-10-17(16)19-18/h2-11,13,19H,12H2,1H3/b14-11+. The topological polar surface area (TPSA) is 15.8 Å². The first kappa shape index (κ1) is 13.1. The zero-order chi connectivity index (χ0) is 13.8. The van der Waals surface area contributed by atoms with Crippen LogP contribution in [0.3, 0.4) is 0 Å². The van der Waals surface area contributed by atoms with Crippen LogP contribution in [0.5, 0.6) is 0 Å². The number of H-pyrrole nitrogens is 1. The molecule has 1 aromatic heterocycles. The molecular formula is C18H17NS. The van der Waals surface area contributed by atoms with Crippen LogP contribution in [0, 0.1) is 0 Å². The van der Waals surface area contributed by atoms with Crippen LogP contribution in [0.4, 0.5) is 0 Å². The molecule has 0 bridgehead atoms. The van der Waals surface area contributed by atoms with Crippen molar-refractivity contribution in [2.24, 2.45) is 0 Å². The zero-order valence-electron chi connectivity index (χ0n) is 11.5. The van der Waals surface area contributed by atoms with Crippen molar-refractivity contribution >= 4 is 28.2 Å². The molecule has 1 N–H and O–H groups in total. The monoisotopic (exact) mass is 279 g/mol. The largest absolute Gasteiger partial charge is 0.350 e. The summed E-state index contributed by atoms with van der Waals surface area (Å²) in [6.45, 7) is 2.17. The van der Waals surface area contributed by atoms with E-state index in [2.05, 4.69) is 78.6 Å². The van der Waals surface area contributed by atoms with Crippen LogP contribution in [0.15, 0.2) is 71.8 Å². The maximum Gasteiger partial charge on any atom is 0.0735 e. The van der Waals surface area contributed by atoms with Crippen molar-refractivity contribution in [3.8, 4) is 0 Å². The number of rotatable bonds is 4. The molecule has 3 aromatic rings. The smallest absolute Gasteiger partial charge is 0.0735 e. The minimum atomic E-state index is 0.980. The Kier molecular flexibility index (Phi) is 3.93. The average Bonchev–Trinajstić information content (AvgIpc) is 2.90. The fourth-order valence-electron chi connectivity index (χ4n) is 2.20. The van der Waals surface area contributed by atoms with Gasteiger partial charge in [-0.2, -0.15) is 0 Å². The first-order chi connectivity index (χ1) is 9.83. The van der Waals surface area contributed by atoms with Crippen molar-refractivity contribution in [1.29, 1.82) is 0 Å². The number of benzene rings is 2. The molecule has 0 spiro atoms. The zero-order valence-corrected chi connectivity index (χ0v) is 12.3. The maximum absolute atomic E-state index is 3.44. The molecule has 0 unspecified atom stereocenters. The molecule has 2 heteroatoms. The molecule has 100 valence electrons. The van der Waals surface area contributed by atoms with E-state index >= 15 is 0 Å². The van der Waals surface area contributed by atoms with Crippen molar-refractivity contribution in [3.63, 3.8) is 0 Å². The molecule has 0 saturated carbocycles. The summed E-state index contributed by atoms with van der Waals surface area (Å²) in [6.07, 6.45) is 2.28. The molecule has 2 aromatic carbocycles. The quantitative estimate of drug-likeness (QED) is 0.635. The van der Waals surface area contributed by atoms with Gasteiger partial charge in [0.1, 0.15) is 0 Å². The lowest BCUT2D eigenvalue weighted by Gasteiger charge is -2.00. The predicted octanol–water partition coefficient (Wildman–Crippen LogP) is 5.36. The van der Waals surface area contributed by atoms with Gasteiger partial charge in [-0.25, -0.2) is 0 Å². The van der Waals surface area contributed by atoms with Crippen LogP contribution in [0.2, 0.25) is 0 Å². The molecular weight excluding hydrogens is 262 g/mol. The highest BCUT2D eigenvalue weighted by atomic mass is 32.2. The molecule has 3 rings (SSSR count). The Morgan fingerprint density at radius 3 is 2.60 bits per heavy atom. The summed E-state index contributed by atoms with van der Waals surface area (Å²) in [5.74, 6) is 0.980. The first-order valence-electron chi connectivity index (χ1n) is 6.76. The normalized spacial score (nSPS) is 11.9. The van der Waals surface area contributed by atoms with E-state index in [4.69, 9.17) is 0 Å². The number of aromatic amines is 1. The van der Waals surface area contributed by atoms with Gasteiger partial charge < -0.3 is 4.98 Å². The molecule has 0 fully saturated rings. The Morgan fingerprint density at radius 1 is 1.05 bits per heavy atom. The second-order valence-corrected chi connectivity index (χ2v) is 5.85. The van der Waals surface area contributed by atoms with Gasteiger partial charge in [0.25, 0.3) is 0 Å². The van der Waals surface area contributed by atoms with Crippen LogP contribution in [0.25, 0.3) is 16.5 Å². The summed E-state index contributed by atoms with van der Waals surface area (Å²) in [6, 6.07) is 21.1. The van der Waals surface area contributed by atoms with Crippen molar-refractivity contribution in [3.05, 3.63) is 72.3 Å². The molecule has 1 heterocycles. The molecule has 0 aliphatic carbocycles. The highest BCUT2D eigenvalue weighted by molar-refractivity contribution is 7.99. The van der Waals surface area contributed by atoms with Crippen molar-refractivity contribution in [2.75, 3.05) is 5.75 Å². The van der Waals surface area contributed by atoms with Crippen molar-refractivity contribution in [2.45, 2.75) is 11.9 Å². The summed E-state index contributed by atoms with van der Waals surface area (Å²) in [4.78, 5) is 3.44. The molecule has 0 amide bonds. The second kappa shape index (κ2) is 6.02. The summed E-state index contributed by atoms with van der Waals surface area (Å²) < 4.78 is 0. The highest BCUT2D eigenvalue weighted by Crippen LogP contribution is 2.24. The molecule has 20 heavy (non-hydrogen) atoms. The Hall–Kier alpha value is -1.93. The summed E-state index contributed by atoms with van der Waals surface area (Å²) in [5, 5.41) is 2.50. The summed E-state index contributed by atoms with van der Waals surface area (Å²) in [7, 11) is 0. The van der Waals surface area contributed by atoms with E-state index in [-0.39, 0.29) is 0 Å². The van der Waals surface area contributed by atoms with Crippen LogP contribution >= 0.6 is 11.8 Å². The van der Waals surface area contributed by atoms with Crippen molar-refractivity contribution < 1.29 is 0 Å². The lowest BCUT2D eigenvalue weighted by Crippen LogP contribution is -1.80. The third kappa shape index (κ3) is 2.97. The molecule has 1 nitrogen and oxygen atoms in total. The summed E-state index contributed by atoms with van der Waals surface area (Å²) in [5.41, 5.74) is 3.83. The fraction of sp³-hybridized carbons (Fsp3) is 0.111. The first-order valence-corrected chi connectivity index (χ1v) is 7.74. The minimum absolute atomic E-state index is 0.980. The van der Waals surface area contributed by atoms with Gasteiger partial charge in [-0.3, -0.25) is 0 Å². The fourth-order valence-corrected chi connectivity index (χ4v) is 3.11. The molecule has 0 atom stereocenters. The van der Waals surface area contributed by atoms with Crippen LogP contribution in [-0.2, 0) is 0 Å². The van der Waals surface area contributed by atoms with E-state index in [1.807, 2.05) is 11.8 Å². The van der Waals surface area contributed by atoms with Gasteiger partial charge in [0.15, 0.2) is 0 Å². The molecule has 0 aliphatic rings. The lowest BCUT2D eigenvalue weighted by molar-refractivity contribution is 1.24. The van der Waals surface area contributed by atoms with Crippen molar-refractivity contribution in [1.82, 2.24) is 4.98 Å². The second-order valence-electron chi connectivity index (χ2n) is 4.79. The van der Waals surface area contributed by atoms with Crippen LogP contribution < -0.4 is 0 Å². The van der Waals surface area contributed by atoms with Gasteiger partial charge in [-0.05, 0) is 30.2 Å². The van der Waals surface area contributed by atoms with E-state index in [0.717, 1.165) is 5.75 Å². The van der Waals surface area contributed by atoms with E-state index in [1.54, 1.807) is 0 Å². The van der Waals surface area contributed by atoms with E-state index in [1.165, 1.54) is 27.1 Å². The van der Waals surface area contributed by atoms with E-state index < -0.39 is 0 Å². The number of para-hydroxylation sites is 1. The Morgan fingerprint density at radius 2 is 1.80 bits per heavy atom. The van der Waals surface area contributed by atoms with Gasteiger partial charge in [0.2, 0.25) is 0 Å². The minimum Gasteiger partial charge on any atom is -0.350 e. The Labute approximate surface area is 123 Å². The SMILES string of the molecule is C/C(=C\CSc1cc2ccccc2[nH]1)c1ccccc1. The Bertz CT molecular complexity index is 692. The number of thioether (sulfide) groups is 1. The van der Waals surface area contributed by atoms with Gasteiger partial charge in [-0.15, -0.1) is 11.8 Å². The number of allylic oxidation sites excluding steroid dienone is 1. The predicted molar refractivity (Wildman–Crippen MR) is 89.1 cm³/mol. The number of aromatic nitrogens is 1. The van der Waals surface area contributed by atoms with Gasteiger partial charge >= 0.3 is 0 Å². The van der Waals surface area contributed by atoms with Gasteiger partial charge in [0.05, 0.1) is 5.03 Å². The average molecular weight is 279 g/mol. The number of nitrogens with one attached hydrogen (secondary N) is 1. The van der Waals surface area contributed by atoms with Crippen LogP contribution in [-0.4, -0.2) is 10.7 Å². The molecule has 0 radical (unpaired) electrons. The summed E-state index contributed by atoms with van der Waals surface area (Å²) >= 11 is 1.84. The highest BCUT2D eigenvalue weighted by Gasteiger charge is 2.00. The van der Waals surface area contributed by atoms with E-state index in [9.17, 15) is 0 Å². The van der Waals surface area contributed by atoms with Gasteiger partial charge in [0, 0.05) is 16.7 Å². The number of fused-ring (bicyclic) bond motifs is 1. The molecule has 0 saturated heterocycles. The van der Waals surface area contributed by atoms with Crippen LogP contribution in [0.1, 0.15) is 12.5 Å². The third-order valence-electron chi connectivity index (χ3n) is 3.36. The molecule has 0 aliphatic heterocycles. The Balaban J connectivity index is 1.67. The number of hydrogen-bond donors (Lipinski definition) is 1. The van der Waals surface area contributed by atoms with Gasteiger partial charge in [-0.1, -0.05) is 54.6 Å². The number of hydrogen-bond acceptors (Lipinski definition) is 1. The van der Waals surface area contributed by atoms with E-state index in [0.29, 0.717) is 0 Å². The maximum atomic E-state index is 3.44. The third-order valence-corrected chi connectivity index (χ3v) is 4.23. The lowest BCUT2D eigenvalue weighted by atomic mass is 10.1.